The fourth-order valence-electron chi connectivity index (χ4n) is 1.39. The number of hydrogen-bond donors (Lipinski definition) is 1. The summed E-state index contributed by atoms with van der Waals surface area (Å²) < 4.78 is 18.8. The molecule has 3 heteroatoms. The van der Waals surface area contributed by atoms with Crippen LogP contribution >= 0.6 is 0 Å². The molecule has 1 aliphatic carbocycles. The average Bonchev–Trinajstić information content (AvgIpc) is 2.99. The van der Waals surface area contributed by atoms with Crippen LogP contribution in [-0.2, 0) is 0 Å². The van der Waals surface area contributed by atoms with Gasteiger partial charge in [-0.1, -0.05) is 6.07 Å². The second-order valence-corrected chi connectivity index (χ2v) is 4.12. The Morgan fingerprint density at radius 3 is 2.80 bits per heavy atom. The maximum Gasteiger partial charge on any atom is 0.165 e. The van der Waals surface area contributed by atoms with Gasteiger partial charge in [0.05, 0.1) is 12.7 Å². The van der Waals surface area contributed by atoms with Gasteiger partial charge in [0.2, 0.25) is 0 Å². The van der Waals surface area contributed by atoms with Gasteiger partial charge in [-0.3, -0.25) is 0 Å². The van der Waals surface area contributed by atoms with Crippen molar-refractivity contribution in [3.8, 4) is 5.75 Å². The quantitative estimate of drug-likeness (QED) is 0.827. The van der Waals surface area contributed by atoms with Crippen LogP contribution in [0.15, 0.2) is 18.2 Å². The SMILES string of the molecule is C[C@H](O)c1ccc(OCC2CC2)c(F)c1. The first-order valence-electron chi connectivity index (χ1n) is 5.27. The first-order valence-corrected chi connectivity index (χ1v) is 5.27. The molecule has 0 saturated heterocycles. The summed E-state index contributed by atoms with van der Waals surface area (Å²) in [6.45, 7) is 2.21. The van der Waals surface area contributed by atoms with E-state index in [9.17, 15) is 9.50 Å². The van der Waals surface area contributed by atoms with Crippen LogP contribution in [0.3, 0.4) is 0 Å². The molecule has 2 nitrogen and oxygen atoms in total. The second kappa shape index (κ2) is 4.19. The lowest BCUT2D eigenvalue weighted by Gasteiger charge is -2.09. The van der Waals surface area contributed by atoms with Gasteiger partial charge in [-0.2, -0.15) is 0 Å². The number of hydrogen-bond acceptors (Lipinski definition) is 2. The van der Waals surface area contributed by atoms with E-state index in [1.807, 2.05) is 0 Å². The molecule has 82 valence electrons. The molecule has 1 fully saturated rings. The predicted octanol–water partition coefficient (Wildman–Crippen LogP) is 2.67. The predicted molar refractivity (Wildman–Crippen MR) is 55.3 cm³/mol. The van der Waals surface area contributed by atoms with Crippen LogP contribution in [0.25, 0.3) is 0 Å². The van der Waals surface area contributed by atoms with Crippen molar-refractivity contribution in [1.82, 2.24) is 0 Å². The fraction of sp³-hybridized carbons (Fsp3) is 0.500. The minimum atomic E-state index is -0.642. The third-order valence-corrected chi connectivity index (χ3v) is 2.61. The molecule has 1 atom stereocenters. The van der Waals surface area contributed by atoms with E-state index in [0.717, 1.165) is 0 Å². The molecule has 1 aromatic carbocycles. The molecule has 15 heavy (non-hydrogen) atoms. The Labute approximate surface area is 88.7 Å². The van der Waals surface area contributed by atoms with Gasteiger partial charge in [0.15, 0.2) is 11.6 Å². The van der Waals surface area contributed by atoms with Crippen molar-refractivity contribution in [2.24, 2.45) is 5.92 Å². The van der Waals surface area contributed by atoms with E-state index in [2.05, 4.69) is 0 Å². The van der Waals surface area contributed by atoms with Crippen molar-refractivity contribution >= 4 is 0 Å². The zero-order valence-electron chi connectivity index (χ0n) is 8.74. The summed E-state index contributed by atoms with van der Waals surface area (Å²) in [5, 5.41) is 9.26. The van der Waals surface area contributed by atoms with Crippen LogP contribution in [-0.4, -0.2) is 11.7 Å². The molecule has 0 spiro atoms. The molecule has 0 radical (unpaired) electrons. The number of benzene rings is 1. The van der Waals surface area contributed by atoms with E-state index in [4.69, 9.17) is 4.74 Å². The molecule has 1 aromatic rings. The van der Waals surface area contributed by atoms with E-state index in [1.54, 1.807) is 19.1 Å². The van der Waals surface area contributed by atoms with E-state index < -0.39 is 11.9 Å². The third-order valence-electron chi connectivity index (χ3n) is 2.61. The topological polar surface area (TPSA) is 29.5 Å². The van der Waals surface area contributed by atoms with E-state index in [-0.39, 0.29) is 5.75 Å². The molecule has 2 rings (SSSR count). The van der Waals surface area contributed by atoms with E-state index >= 15 is 0 Å². The lowest BCUT2D eigenvalue weighted by atomic mass is 10.1. The molecule has 0 heterocycles. The molecule has 1 N–H and O–H groups in total. The highest BCUT2D eigenvalue weighted by Crippen LogP contribution is 2.30. The number of aliphatic hydroxyl groups is 1. The summed E-state index contributed by atoms with van der Waals surface area (Å²) >= 11 is 0. The average molecular weight is 210 g/mol. The largest absolute Gasteiger partial charge is 0.490 e. The molecular formula is C12H15FO2. The minimum Gasteiger partial charge on any atom is -0.490 e. The van der Waals surface area contributed by atoms with Crippen molar-refractivity contribution in [2.45, 2.75) is 25.9 Å². The standard InChI is InChI=1S/C12H15FO2/c1-8(14)10-4-5-12(11(13)6-10)15-7-9-2-3-9/h4-6,8-9,14H,2-3,7H2,1H3/t8-/m0/s1. The highest BCUT2D eigenvalue weighted by atomic mass is 19.1. The molecule has 0 aromatic heterocycles. The molecular weight excluding hydrogens is 195 g/mol. The van der Waals surface area contributed by atoms with Crippen molar-refractivity contribution in [3.05, 3.63) is 29.6 Å². The van der Waals surface area contributed by atoms with Crippen molar-refractivity contribution in [3.63, 3.8) is 0 Å². The minimum absolute atomic E-state index is 0.284. The maximum absolute atomic E-state index is 13.4. The number of halogens is 1. The van der Waals surface area contributed by atoms with Gasteiger partial charge >= 0.3 is 0 Å². The van der Waals surface area contributed by atoms with E-state index in [1.165, 1.54) is 18.9 Å². The van der Waals surface area contributed by atoms with Gasteiger partial charge in [0.25, 0.3) is 0 Å². The van der Waals surface area contributed by atoms with Crippen LogP contribution in [0.5, 0.6) is 5.75 Å². The van der Waals surface area contributed by atoms with Crippen molar-refractivity contribution in [2.75, 3.05) is 6.61 Å². The van der Waals surface area contributed by atoms with E-state index in [0.29, 0.717) is 18.1 Å². The van der Waals surface area contributed by atoms with Gasteiger partial charge in [-0.25, -0.2) is 4.39 Å². The second-order valence-electron chi connectivity index (χ2n) is 4.12. The summed E-state index contributed by atoms with van der Waals surface area (Å²) in [6.07, 6.45) is 1.73. The molecule has 1 aliphatic rings. The number of rotatable bonds is 4. The van der Waals surface area contributed by atoms with Crippen LogP contribution in [0, 0.1) is 11.7 Å². The van der Waals surface area contributed by atoms with Crippen LogP contribution in [0.2, 0.25) is 0 Å². The molecule has 0 aliphatic heterocycles. The molecule has 0 amide bonds. The monoisotopic (exact) mass is 210 g/mol. The summed E-state index contributed by atoms with van der Waals surface area (Å²) in [5.41, 5.74) is 0.575. The first kappa shape index (κ1) is 10.4. The number of aliphatic hydroxyl groups excluding tert-OH is 1. The summed E-state index contributed by atoms with van der Waals surface area (Å²) in [7, 11) is 0. The Balaban J connectivity index is 2.04. The molecule has 0 unspecified atom stereocenters. The van der Waals surface area contributed by atoms with Gasteiger partial charge in [0, 0.05) is 0 Å². The zero-order chi connectivity index (χ0) is 10.8. The fourth-order valence-corrected chi connectivity index (χ4v) is 1.39. The maximum atomic E-state index is 13.4. The van der Waals surface area contributed by atoms with Gasteiger partial charge in [-0.05, 0) is 43.4 Å². The smallest absolute Gasteiger partial charge is 0.165 e. The highest BCUT2D eigenvalue weighted by Gasteiger charge is 2.22. The lowest BCUT2D eigenvalue weighted by Crippen LogP contribution is -2.01. The van der Waals surface area contributed by atoms with Crippen LogP contribution < -0.4 is 4.74 Å². The lowest BCUT2D eigenvalue weighted by molar-refractivity contribution is 0.198. The Morgan fingerprint density at radius 1 is 1.53 bits per heavy atom. The van der Waals surface area contributed by atoms with Gasteiger partial charge < -0.3 is 9.84 Å². The molecule has 0 bridgehead atoms. The van der Waals surface area contributed by atoms with Crippen LogP contribution in [0.4, 0.5) is 4.39 Å². The third kappa shape index (κ3) is 2.69. The Hall–Kier alpha value is -1.09. The summed E-state index contributed by atoms with van der Waals surface area (Å²) in [6, 6.07) is 4.60. The van der Waals surface area contributed by atoms with Crippen molar-refractivity contribution in [1.29, 1.82) is 0 Å². The Kier molecular flexibility index (Phi) is 2.91. The summed E-state index contributed by atoms with van der Waals surface area (Å²) in [4.78, 5) is 0. The van der Waals surface area contributed by atoms with Crippen LogP contribution in [0.1, 0.15) is 31.4 Å². The first-order chi connectivity index (χ1) is 7.16. The zero-order valence-corrected chi connectivity index (χ0v) is 8.74. The normalized spacial score (nSPS) is 17.5. The molecule has 1 saturated carbocycles. The Morgan fingerprint density at radius 2 is 2.27 bits per heavy atom. The Bertz CT molecular complexity index is 345. The number of ether oxygens (including phenoxy) is 1. The van der Waals surface area contributed by atoms with Gasteiger partial charge in [-0.15, -0.1) is 0 Å². The summed E-state index contributed by atoms with van der Waals surface area (Å²) in [5.74, 6) is 0.501. The van der Waals surface area contributed by atoms with Crippen molar-refractivity contribution < 1.29 is 14.2 Å². The highest BCUT2D eigenvalue weighted by molar-refractivity contribution is 5.30. The van der Waals surface area contributed by atoms with Gasteiger partial charge in [0.1, 0.15) is 0 Å².